The Morgan fingerprint density at radius 3 is 2.64 bits per heavy atom. The molecule has 0 bridgehead atoms. The van der Waals surface area contributed by atoms with E-state index in [0.717, 1.165) is 25.3 Å². The molecule has 0 spiro atoms. The van der Waals surface area contributed by atoms with Gasteiger partial charge in [0.25, 0.3) is 5.91 Å². The van der Waals surface area contributed by atoms with Gasteiger partial charge in [0.15, 0.2) is 0 Å². The highest BCUT2D eigenvalue weighted by Crippen LogP contribution is 2.41. The van der Waals surface area contributed by atoms with Crippen molar-refractivity contribution in [3.8, 4) is 5.75 Å². The Kier molecular flexibility index (Phi) is 3.37. The van der Waals surface area contributed by atoms with Crippen LogP contribution in [0.25, 0.3) is 0 Å². The van der Waals surface area contributed by atoms with Gasteiger partial charge < -0.3 is 15.4 Å². The first-order valence-electron chi connectivity index (χ1n) is 8.42. The molecule has 1 amide bonds. The standard InChI is InChI=1S/C18H24N2O2/c1-22-17-8-13-4-2-3-12(13)7-14(17)18(21)20-9-15(11-5-6-11)16(19)10-20/h7-8,11,15-16H,2-6,9-10,19H2,1H3/t15-,16+/m0/s1. The van der Waals surface area contributed by atoms with Crippen molar-refractivity contribution < 1.29 is 9.53 Å². The van der Waals surface area contributed by atoms with Crippen molar-refractivity contribution in [1.29, 1.82) is 0 Å². The third-order valence-electron chi connectivity index (χ3n) is 5.57. The van der Waals surface area contributed by atoms with Crippen LogP contribution >= 0.6 is 0 Å². The summed E-state index contributed by atoms with van der Waals surface area (Å²) >= 11 is 0. The number of carbonyl (C=O) groups excluding carboxylic acids is 1. The molecule has 0 radical (unpaired) electrons. The number of hydrogen-bond donors (Lipinski definition) is 1. The number of amides is 1. The summed E-state index contributed by atoms with van der Waals surface area (Å²) in [6, 6.07) is 4.25. The van der Waals surface area contributed by atoms with E-state index in [9.17, 15) is 4.79 Å². The third kappa shape index (κ3) is 2.30. The van der Waals surface area contributed by atoms with Gasteiger partial charge in [-0.3, -0.25) is 4.79 Å². The SMILES string of the molecule is COc1cc2c(cc1C(=O)N1C[C@@H](N)[C@H](C3CC3)C1)CCC2. The van der Waals surface area contributed by atoms with Crippen LogP contribution < -0.4 is 10.5 Å². The summed E-state index contributed by atoms with van der Waals surface area (Å²) in [5, 5.41) is 0. The van der Waals surface area contributed by atoms with Crippen LogP contribution in [0, 0.1) is 11.8 Å². The average Bonchev–Trinajstić information content (AvgIpc) is 3.13. The molecule has 1 aromatic carbocycles. The maximum absolute atomic E-state index is 13.0. The fourth-order valence-corrected chi connectivity index (χ4v) is 4.15. The van der Waals surface area contributed by atoms with E-state index in [1.165, 1.54) is 30.4 Å². The zero-order valence-corrected chi connectivity index (χ0v) is 13.2. The van der Waals surface area contributed by atoms with Gasteiger partial charge in [-0.25, -0.2) is 0 Å². The number of fused-ring (bicyclic) bond motifs is 1. The van der Waals surface area contributed by atoms with Gasteiger partial charge in [0.1, 0.15) is 5.75 Å². The predicted molar refractivity (Wildman–Crippen MR) is 85.1 cm³/mol. The lowest BCUT2D eigenvalue weighted by Gasteiger charge is -2.19. The highest BCUT2D eigenvalue weighted by Gasteiger charge is 2.42. The summed E-state index contributed by atoms with van der Waals surface area (Å²) in [6.07, 6.45) is 5.90. The van der Waals surface area contributed by atoms with Gasteiger partial charge in [-0.1, -0.05) is 0 Å². The van der Waals surface area contributed by atoms with E-state index in [0.29, 0.717) is 23.8 Å². The van der Waals surface area contributed by atoms with Crippen LogP contribution in [0.15, 0.2) is 12.1 Å². The smallest absolute Gasteiger partial charge is 0.257 e. The molecule has 118 valence electrons. The number of hydrogen-bond acceptors (Lipinski definition) is 3. The molecule has 3 aliphatic rings. The molecule has 1 heterocycles. The molecule has 0 aromatic heterocycles. The fourth-order valence-electron chi connectivity index (χ4n) is 4.15. The lowest BCUT2D eigenvalue weighted by molar-refractivity contribution is 0.0781. The van der Waals surface area contributed by atoms with Crippen LogP contribution in [0.2, 0.25) is 0 Å². The molecular weight excluding hydrogens is 276 g/mol. The van der Waals surface area contributed by atoms with Crippen molar-refractivity contribution in [1.82, 2.24) is 4.90 Å². The van der Waals surface area contributed by atoms with Crippen molar-refractivity contribution in [2.75, 3.05) is 20.2 Å². The highest BCUT2D eigenvalue weighted by molar-refractivity contribution is 5.97. The summed E-state index contributed by atoms with van der Waals surface area (Å²) in [6.45, 7) is 1.49. The quantitative estimate of drug-likeness (QED) is 0.929. The number of methoxy groups -OCH3 is 1. The molecule has 2 atom stereocenters. The Bertz CT molecular complexity index is 609. The molecule has 4 nitrogen and oxygen atoms in total. The highest BCUT2D eigenvalue weighted by atomic mass is 16.5. The minimum atomic E-state index is 0.0881. The van der Waals surface area contributed by atoms with Gasteiger partial charge in [0.05, 0.1) is 12.7 Å². The zero-order valence-electron chi connectivity index (χ0n) is 13.2. The summed E-state index contributed by atoms with van der Waals surface area (Å²) in [7, 11) is 1.65. The maximum Gasteiger partial charge on any atom is 0.257 e. The molecule has 1 saturated carbocycles. The minimum Gasteiger partial charge on any atom is -0.496 e. The first kappa shape index (κ1) is 14.1. The summed E-state index contributed by atoms with van der Waals surface area (Å²) in [5.41, 5.74) is 9.62. The number of benzene rings is 1. The zero-order chi connectivity index (χ0) is 15.3. The number of carbonyl (C=O) groups is 1. The molecule has 2 N–H and O–H groups in total. The minimum absolute atomic E-state index is 0.0881. The molecule has 1 aliphatic heterocycles. The van der Waals surface area contributed by atoms with E-state index in [2.05, 4.69) is 12.1 Å². The number of likely N-dealkylation sites (tertiary alicyclic amines) is 1. The van der Waals surface area contributed by atoms with Gasteiger partial charge in [-0.2, -0.15) is 0 Å². The molecular formula is C18H24N2O2. The molecule has 22 heavy (non-hydrogen) atoms. The fraction of sp³-hybridized carbons (Fsp3) is 0.611. The predicted octanol–water partition coefficient (Wildman–Crippen LogP) is 1.99. The van der Waals surface area contributed by atoms with E-state index in [4.69, 9.17) is 10.5 Å². The van der Waals surface area contributed by atoms with Gasteiger partial charge in [0.2, 0.25) is 0 Å². The normalized spacial score (nSPS) is 27.1. The first-order chi connectivity index (χ1) is 10.7. The Morgan fingerprint density at radius 1 is 1.23 bits per heavy atom. The number of nitrogens with zero attached hydrogens (tertiary/aromatic N) is 1. The third-order valence-corrected chi connectivity index (χ3v) is 5.57. The topological polar surface area (TPSA) is 55.6 Å². The largest absolute Gasteiger partial charge is 0.496 e. The number of aryl methyl sites for hydroxylation is 2. The van der Waals surface area contributed by atoms with Crippen molar-refractivity contribution in [2.45, 2.75) is 38.1 Å². The number of ether oxygens (including phenoxy) is 1. The van der Waals surface area contributed by atoms with E-state index in [1.54, 1.807) is 7.11 Å². The van der Waals surface area contributed by atoms with Crippen LogP contribution in [-0.2, 0) is 12.8 Å². The van der Waals surface area contributed by atoms with Gasteiger partial charge in [0, 0.05) is 19.1 Å². The van der Waals surface area contributed by atoms with Crippen molar-refractivity contribution in [2.24, 2.45) is 17.6 Å². The van der Waals surface area contributed by atoms with Crippen LogP contribution in [0.4, 0.5) is 0 Å². The monoisotopic (exact) mass is 300 g/mol. The first-order valence-corrected chi connectivity index (χ1v) is 8.42. The van der Waals surface area contributed by atoms with E-state index in [1.807, 2.05) is 4.90 Å². The van der Waals surface area contributed by atoms with Crippen molar-refractivity contribution in [3.63, 3.8) is 0 Å². The second-order valence-corrected chi connectivity index (χ2v) is 7.05. The molecule has 2 aliphatic carbocycles. The van der Waals surface area contributed by atoms with E-state index >= 15 is 0 Å². The molecule has 1 aromatic rings. The summed E-state index contributed by atoms with van der Waals surface area (Å²) < 4.78 is 5.49. The van der Waals surface area contributed by atoms with Gasteiger partial charge in [-0.15, -0.1) is 0 Å². The molecule has 4 rings (SSSR count). The lowest BCUT2D eigenvalue weighted by atomic mass is 9.99. The second kappa shape index (κ2) is 5.27. The summed E-state index contributed by atoms with van der Waals surface area (Å²) in [4.78, 5) is 14.9. The van der Waals surface area contributed by atoms with Gasteiger partial charge >= 0.3 is 0 Å². The maximum atomic E-state index is 13.0. The molecule has 4 heteroatoms. The Hall–Kier alpha value is -1.55. The van der Waals surface area contributed by atoms with Crippen molar-refractivity contribution in [3.05, 3.63) is 28.8 Å². The Morgan fingerprint density at radius 2 is 1.95 bits per heavy atom. The Labute approximate surface area is 131 Å². The molecule has 1 saturated heterocycles. The molecule has 0 unspecified atom stereocenters. The van der Waals surface area contributed by atoms with Crippen LogP contribution in [0.3, 0.4) is 0 Å². The summed E-state index contributed by atoms with van der Waals surface area (Å²) in [5.74, 6) is 2.04. The number of nitrogens with two attached hydrogens (primary N) is 1. The second-order valence-electron chi connectivity index (χ2n) is 7.05. The van der Waals surface area contributed by atoms with Crippen LogP contribution in [0.5, 0.6) is 5.75 Å². The van der Waals surface area contributed by atoms with Crippen LogP contribution in [-0.4, -0.2) is 37.0 Å². The van der Waals surface area contributed by atoms with Crippen LogP contribution in [0.1, 0.15) is 40.7 Å². The van der Waals surface area contributed by atoms with Crippen molar-refractivity contribution >= 4 is 5.91 Å². The van der Waals surface area contributed by atoms with Gasteiger partial charge in [-0.05, 0) is 67.2 Å². The van der Waals surface area contributed by atoms with E-state index < -0.39 is 0 Å². The average molecular weight is 300 g/mol. The lowest BCUT2D eigenvalue weighted by Crippen LogP contribution is -2.32. The van der Waals surface area contributed by atoms with E-state index in [-0.39, 0.29) is 11.9 Å². The molecule has 2 fully saturated rings. The number of rotatable bonds is 3. The Balaban J connectivity index is 1.60.